The van der Waals surface area contributed by atoms with Crippen molar-refractivity contribution in [1.29, 1.82) is 0 Å². The number of hydrogen-bond donors (Lipinski definition) is 2. The normalized spacial score (nSPS) is 39.5. The number of aliphatic hydroxyl groups is 2. The zero-order chi connectivity index (χ0) is 30.1. The molecule has 3 saturated carbocycles. The molecule has 2 aromatic carbocycles. The number of fused-ring (bicyclic) bond motifs is 7. The van der Waals surface area contributed by atoms with Crippen LogP contribution < -0.4 is 0 Å². The van der Waals surface area contributed by atoms with Crippen molar-refractivity contribution in [3.05, 3.63) is 89.0 Å². The summed E-state index contributed by atoms with van der Waals surface area (Å²) in [4.78, 5) is 27.1. The standard InChI is InChI=1S/C36H40O6S/c1-21-5-4-6-26(15-21)43-20-22-7-9-23(10-8-22)33-41-31-17-28-27-12-11-24-16-25(38)13-14-34(24,2)32(27)29(39)18-35(28,3)36(31,42-33)30(40)19-37/h4-10,13-16,27-29,31-33,37,39H,11-12,17-20H2,1-3H3/t27-,28-,29-,31+,32+,33+,34-,35-,36+/m0/s1. The molecule has 226 valence electrons. The third-order valence-corrected chi connectivity index (χ3v) is 12.5. The molecule has 1 aliphatic heterocycles. The molecule has 2 N–H and O–H groups in total. The Kier molecular flexibility index (Phi) is 7.14. The van der Waals surface area contributed by atoms with E-state index in [2.05, 4.69) is 57.2 Å². The number of benzene rings is 2. The maximum atomic E-state index is 13.7. The lowest BCUT2D eigenvalue weighted by molar-refractivity contribution is -0.201. The molecule has 0 bridgehead atoms. The number of carbonyl (C=O) groups excluding carboxylic acids is 2. The molecule has 0 aromatic heterocycles. The van der Waals surface area contributed by atoms with Gasteiger partial charge in [-0.2, -0.15) is 0 Å². The Hall–Kier alpha value is -2.55. The van der Waals surface area contributed by atoms with Crippen LogP contribution in [0.5, 0.6) is 0 Å². The number of allylic oxidation sites excluding steroid dienone is 4. The summed E-state index contributed by atoms with van der Waals surface area (Å²) in [5, 5.41) is 22.0. The summed E-state index contributed by atoms with van der Waals surface area (Å²) in [5.74, 6) is 0.634. The third kappa shape index (κ3) is 4.38. The fourth-order valence-corrected chi connectivity index (χ4v) is 10.4. The van der Waals surface area contributed by atoms with Crippen LogP contribution >= 0.6 is 11.8 Å². The molecule has 7 rings (SSSR count). The first-order valence-corrected chi connectivity index (χ1v) is 16.5. The number of thioether (sulfide) groups is 1. The summed E-state index contributed by atoms with van der Waals surface area (Å²) >= 11 is 1.79. The number of aryl methyl sites for hydroxylation is 1. The van der Waals surface area contributed by atoms with E-state index in [4.69, 9.17) is 9.47 Å². The molecule has 1 heterocycles. The number of hydrogen-bond acceptors (Lipinski definition) is 7. The molecule has 2 aromatic rings. The quantitative estimate of drug-likeness (QED) is 0.400. The Morgan fingerprint density at radius 3 is 2.67 bits per heavy atom. The molecule has 4 aliphatic carbocycles. The van der Waals surface area contributed by atoms with Crippen LogP contribution in [0.3, 0.4) is 0 Å². The van der Waals surface area contributed by atoms with Gasteiger partial charge in [0, 0.05) is 33.0 Å². The van der Waals surface area contributed by atoms with E-state index in [-0.39, 0.29) is 29.3 Å². The third-order valence-electron chi connectivity index (χ3n) is 11.4. The molecule has 7 heteroatoms. The van der Waals surface area contributed by atoms with E-state index in [0.29, 0.717) is 12.8 Å². The minimum atomic E-state index is -1.34. The van der Waals surface area contributed by atoms with Gasteiger partial charge in [-0.15, -0.1) is 11.8 Å². The lowest BCUT2D eigenvalue weighted by atomic mass is 9.46. The lowest BCUT2D eigenvalue weighted by Gasteiger charge is -2.59. The number of aliphatic hydroxyl groups excluding tert-OH is 2. The van der Waals surface area contributed by atoms with Crippen molar-refractivity contribution in [3.63, 3.8) is 0 Å². The molecule has 43 heavy (non-hydrogen) atoms. The van der Waals surface area contributed by atoms with Crippen LogP contribution in [0, 0.1) is 35.5 Å². The predicted octanol–water partition coefficient (Wildman–Crippen LogP) is 5.89. The zero-order valence-electron chi connectivity index (χ0n) is 25.0. The van der Waals surface area contributed by atoms with E-state index in [1.807, 2.05) is 18.2 Å². The summed E-state index contributed by atoms with van der Waals surface area (Å²) in [7, 11) is 0. The molecule has 1 saturated heterocycles. The monoisotopic (exact) mass is 600 g/mol. The smallest absolute Gasteiger partial charge is 0.193 e. The highest BCUT2D eigenvalue weighted by Gasteiger charge is 2.75. The van der Waals surface area contributed by atoms with E-state index < -0.39 is 41.5 Å². The molecular weight excluding hydrogens is 560 g/mol. The van der Waals surface area contributed by atoms with Gasteiger partial charge >= 0.3 is 0 Å². The molecule has 0 amide bonds. The zero-order valence-corrected chi connectivity index (χ0v) is 25.8. The first kappa shape index (κ1) is 29.2. The number of rotatable bonds is 6. The summed E-state index contributed by atoms with van der Waals surface area (Å²) in [6.45, 7) is 5.67. The van der Waals surface area contributed by atoms with Crippen LogP contribution in [-0.4, -0.2) is 46.2 Å². The van der Waals surface area contributed by atoms with Crippen LogP contribution in [0.2, 0.25) is 0 Å². The summed E-state index contributed by atoms with van der Waals surface area (Å²) < 4.78 is 13.3. The minimum absolute atomic E-state index is 0.00913. The molecule has 4 fully saturated rings. The Morgan fingerprint density at radius 1 is 1.14 bits per heavy atom. The molecule has 0 radical (unpaired) electrons. The lowest BCUT2D eigenvalue weighted by Crippen LogP contribution is -2.63. The average Bonchev–Trinajstić information content (AvgIpc) is 3.49. The maximum Gasteiger partial charge on any atom is 0.193 e. The van der Waals surface area contributed by atoms with Gasteiger partial charge in [0.15, 0.2) is 23.5 Å². The molecule has 0 spiro atoms. The minimum Gasteiger partial charge on any atom is -0.393 e. The van der Waals surface area contributed by atoms with Crippen molar-refractivity contribution in [1.82, 2.24) is 0 Å². The van der Waals surface area contributed by atoms with E-state index in [1.54, 1.807) is 23.9 Å². The van der Waals surface area contributed by atoms with E-state index in [9.17, 15) is 19.8 Å². The molecule has 9 atom stereocenters. The summed E-state index contributed by atoms with van der Waals surface area (Å²) in [6, 6.07) is 16.6. The molecule has 6 nitrogen and oxygen atoms in total. The van der Waals surface area contributed by atoms with Crippen LogP contribution in [0.25, 0.3) is 0 Å². The number of ketones is 2. The fraction of sp³-hybridized carbons (Fsp3) is 0.500. The first-order chi connectivity index (χ1) is 20.6. The van der Waals surface area contributed by atoms with Crippen molar-refractivity contribution >= 4 is 23.3 Å². The molecular formula is C36H40O6S. The molecule has 5 aliphatic rings. The van der Waals surface area contributed by atoms with Gasteiger partial charge in [-0.3, -0.25) is 9.59 Å². The van der Waals surface area contributed by atoms with Gasteiger partial charge in [0.2, 0.25) is 0 Å². The van der Waals surface area contributed by atoms with E-state index >= 15 is 0 Å². The topological polar surface area (TPSA) is 93.1 Å². The van der Waals surface area contributed by atoms with E-state index in [0.717, 1.165) is 29.7 Å². The first-order valence-electron chi connectivity index (χ1n) is 15.5. The number of ether oxygens (including phenoxy) is 2. The summed E-state index contributed by atoms with van der Waals surface area (Å²) in [6.07, 6.45) is 6.09. The Labute approximate surface area is 257 Å². The highest BCUT2D eigenvalue weighted by molar-refractivity contribution is 7.98. The van der Waals surface area contributed by atoms with Gasteiger partial charge in [0.1, 0.15) is 6.61 Å². The average molecular weight is 601 g/mol. The van der Waals surface area contributed by atoms with Gasteiger partial charge in [0.05, 0.1) is 12.2 Å². The second-order valence-electron chi connectivity index (χ2n) is 13.7. The number of Topliss-reactive ketones (excluding diaryl/α,β-unsaturated/α-hetero) is 1. The van der Waals surface area contributed by atoms with Crippen LogP contribution in [0.15, 0.2) is 77.2 Å². The highest BCUT2D eigenvalue weighted by atomic mass is 32.2. The Morgan fingerprint density at radius 2 is 1.93 bits per heavy atom. The second-order valence-corrected chi connectivity index (χ2v) is 14.7. The predicted molar refractivity (Wildman–Crippen MR) is 164 cm³/mol. The van der Waals surface area contributed by atoms with Crippen molar-refractivity contribution in [3.8, 4) is 0 Å². The highest BCUT2D eigenvalue weighted by Crippen LogP contribution is 2.70. The van der Waals surface area contributed by atoms with Crippen LogP contribution in [0.1, 0.15) is 62.5 Å². The fourth-order valence-electron chi connectivity index (χ4n) is 9.48. The van der Waals surface area contributed by atoms with Crippen molar-refractivity contribution in [2.24, 2.45) is 28.6 Å². The second kappa shape index (κ2) is 10.5. The summed E-state index contributed by atoms with van der Waals surface area (Å²) in [5.41, 5.74) is 1.92. The largest absolute Gasteiger partial charge is 0.393 e. The van der Waals surface area contributed by atoms with E-state index in [1.165, 1.54) is 16.0 Å². The molecule has 0 unspecified atom stereocenters. The van der Waals surface area contributed by atoms with Crippen molar-refractivity contribution in [2.45, 2.75) is 81.2 Å². The maximum absolute atomic E-state index is 13.7. The Balaban J connectivity index is 1.14. The van der Waals surface area contributed by atoms with Gasteiger partial charge in [-0.1, -0.05) is 67.5 Å². The van der Waals surface area contributed by atoms with Crippen molar-refractivity contribution < 1.29 is 29.3 Å². The van der Waals surface area contributed by atoms with Gasteiger partial charge in [0.25, 0.3) is 0 Å². The van der Waals surface area contributed by atoms with Crippen molar-refractivity contribution in [2.75, 3.05) is 6.61 Å². The van der Waals surface area contributed by atoms with Crippen LogP contribution in [0.4, 0.5) is 0 Å². The van der Waals surface area contributed by atoms with Gasteiger partial charge in [-0.25, -0.2) is 0 Å². The SMILES string of the molecule is Cc1cccc(SCc2ccc([C@@H]3O[C@@H]4C[C@H]5[C@@H]6CCC7=CC(=O)C=C[C@]7(C)[C@H]6[C@@H](O)C[C@]5(C)[C@]4(C(=O)CO)O3)cc2)c1. The van der Waals surface area contributed by atoms with Crippen LogP contribution in [-0.2, 0) is 24.8 Å². The Bertz CT molecular complexity index is 1510. The van der Waals surface area contributed by atoms with Gasteiger partial charge in [-0.05, 0) is 74.3 Å². The van der Waals surface area contributed by atoms with Gasteiger partial charge < -0.3 is 19.7 Å². The number of carbonyl (C=O) groups is 2.